The van der Waals surface area contributed by atoms with Gasteiger partial charge in [0.2, 0.25) is 5.91 Å². The lowest BCUT2D eigenvalue weighted by molar-refractivity contribution is -0.384. The predicted octanol–water partition coefficient (Wildman–Crippen LogP) is 3.13. The highest BCUT2D eigenvalue weighted by Gasteiger charge is 2.26. The fourth-order valence-corrected chi connectivity index (χ4v) is 2.89. The monoisotopic (exact) mass is 353 g/mol. The van der Waals surface area contributed by atoms with Crippen molar-refractivity contribution in [3.63, 3.8) is 0 Å². The SMILES string of the molecule is Cc1ccc(C(=O)N(CN2CCCC2=O)c2ccc([N+](=O)[O-])cc2)cc1. The van der Waals surface area contributed by atoms with E-state index in [-0.39, 0.29) is 24.2 Å². The van der Waals surface area contributed by atoms with Gasteiger partial charge < -0.3 is 4.90 Å². The number of amides is 2. The lowest BCUT2D eigenvalue weighted by Gasteiger charge is -2.28. The van der Waals surface area contributed by atoms with Gasteiger partial charge in [0.15, 0.2) is 0 Å². The van der Waals surface area contributed by atoms with Crippen LogP contribution in [-0.4, -0.2) is 34.9 Å². The molecule has 1 aliphatic heterocycles. The number of nitrogens with zero attached hydrogens (tertiary/aromatic N) is 3. The first-order valence-electron chi connectivity index (χ1n) is 8.36. The van der Waals surface area contributed by atoms with Crippen LogP contribution in [0.4, 0.5) is 11.4 Å². The molecule has 0 aliphatic carbocycles. The molecule has 0 aromatic heterocycles. The van der Waals surface area contributed by atoms with Crippen molar-refractivity contribution in [3.8, 4) is 0 Å². The van der Waals surface area contributed by atoms with Gasteiger partial charge in [0, 0.05) is 36.3 Å². The van der Waals surface area contributed by atoms with Crippen LogP contribution in [0, 0.1) is 17.0 Å². The van der Waals surface area contributed by atoms with Crippen molar-refractivity contribution in [3.05, 3.63) is 69.8 Å². The number of nitro groups is 1. The molecule has 0 N–H and O–H groups in total. The Morgan fingerprint density at radius 1 is 1.15 bits per heavy atom. The molecule has 134 valence electrons. The first kappa shape index (κ1) is 17.6. The Labute approximate surface area is 151 Å². The molecular formula is C19H19N3O4. The van der Waals surface area contributed by atoms with Crippen LogP contribution in [0.3, 0.4) is 0 Å². The predicted molar refractivity (Wildman–Crippen MR) is 96.9 cm³/mol. The number of carbonyl (C=O) groups is 2. The maximum Gasteiger partial charge on any atom is 0.269 e. The number of hydrogen-bond donors (Lipinski definition) is 0. The molecule has 3 rings (SSSR count). The second-order valence-electron chi connectivity index (χ2n) is 6.27. The summed E-state index contributed by atoms with van der Waals surface area (Å²) in [5.41, 5.74) is 2.01. The van der Waals surface area contributed by atoms with E-state index < -0.39 is 4.92 Å². The lowest BCUT2D eigenvalue weighted by Crippen LogP contribution is -2.42. The Kier molecular flexibility index (Phi) is 4.97. The van der Waals surface area contributed by atoms with E-state index >= 15 is 0 Å². The zero-order valence-corrected chi connectivity index (χ0v) is 14.4. The third kappa shape index (κ3) is 3.72. The number of anilines is 1. The molecule has 0 atom stereocenters. The molecule has 0 radical (unpaired) electrons. The maximum atomic E-state index is 13.0. The summed E-state index contributed by atoms with van der Waals surface area (Å²) in [6, 6.07) is 13.0. The average Bonchev–Trinajstić information content (AvgIpc) is 3.04. The number of carbonyl (C=O) groups excluding carboxylic acids is 2. The summed E-state index contributed by atoms with van der Waals surface area (Å²) >= 11 is 0. The van der Waals surface area contributed by atoms with Crippen molar-refractivity contribution in [1.29, 1.82) is 0 Å². The van der Waals surface area contributed by atoms with Crippen LogP contribution in [-0.2, 0) is 4.79 Å². The molecule has 2 aromatic carbocycles. The molecule has 1 fully saturated rings. The zero-order valence-electron chi connectivity index (χ0n) is 14.4. The number of hydrogen-bond acceptors (Lipinski definition) is 4. The molecule has 1 heterocycles. The fraction of sp³-hybridized carbons (Fsp3) is 0.263. The van der Waals surface area contributed by atoms with Gasteiger partial charge in [-0.15, -0.1) is 0 Å². The van der Waals surface area contributed by atoms with Gasteiger partial charge in [-0.3, -0.25) is 24.6 Å². The maximum absolute atomic E-state index is 13.0. The van der Waals surface area contributed by atoms with Gasteiger partial charge in [-0.25, -0.2) is 0 Å². The van der Waals surface area contributed by atoms with Crippen LogP contribution in [0.1, 0.15) is 28.8 Å². The van der Waals surface area contributed by atoms with Gasteiger partial charge in [0.05, 0.1) is 4.92 Å². The summed E-state index contributed by atoms with van der Waals surface area (Å²) in [5.74, 6) is -0.243. The van der Waals surface area contributed by atoms with Crippen LogP contribution >= 0.6 is 0 Å². The highest BCUT2D eigenvalue weighted by Crippen LogP contribution is 2.23. The number of nitro benzene ring substituents is 1. The van der Waals surface area contributed by atoms with Crippen molar-refractivity contribution < 1.29 is 14.5 Å². The Balaban J connectivity index is 1.92. The molecule has 7 nitrogen and oxygen atoms in total. The summed E-state index contributed by atoms with van der Waals surface area (Å²) in [6.45, 7) is 2.66. The standard InChI is InChI=1S/C19H19N3O4/c1-14-4-6-15(7-5-14)19(24)21(13-20-12-2-3-18(20)23)16-8-10-17(11-9-16)22(25)26/h4-11H,2-3,12-13H2,1H3. The highest BCUT2D eigenvalue weighted by atomic mass is 16.6. The zero-order chi connectivity index (χ0) is 18.7. The van der Waals surface area contributed by atoms with Crippen molar-refractivity contribution in [2.24, 2.45) is 0 Å². The lowest BCUT2D eigenvalue weighted by atomic mass is 10.1. The largest absolute Gasteiger partial charge is 0.324 e. The Bertz CT molecular complexity index is 831. The van der Waals surface area contributed by atoms with E-state index in [0.29, 0.717) is 24.2 Å². The van der Waals surface area contributed by atoms with Gasteiger partial charge in [-0.05, 0) is 37.6 Å². The van der Waals surface area contributed by atoms with Gasteiger partial charge in [0.25, 0.3) is 11.6 Å². The summed E-state index contributed by atoms with van der Waals surface area (Å²) in [4.78, 5) is 38.5. The Hall–Kier alpha value is -3.22. The highest BCUT2D eigenvalue weighted by molar-refractivity contribution is 6.06. The number of rotatable bonds is 5. The second kappa shape index (κ2) is 7.35. The third-order valence-electron chi connectivity index (χ3n) is 4.40. The van der Waals surface area contributed by atoms with Crippen molar-refractivity contribution in [1.82, 2.24) is 4.90 Å². The van der Waals surface area contributed by atoms with Crippen LogP contribution in [0.25, 0.3) is 0 Å². The van der Waals surface area contributed by atoms with Crippen LogP contribution < -0.4 is 4.90 Å². The molecule has 2 amide bonds. The van der Waals surface area contributed by atoms with E-state index in [0.717, 1.165) is 12.0 Å². The number of likely N-dealkylation sites (tertiary alicyclic amines) is 1. The normalized spacial score (nSPS) is 13.7. The minimum absolute atomic E-state index is 0.00798. The molecule has 26 heavy (non-hydrogen) atoms. The van der Waals surface area contributed by atoms with E-state index in [4.69, 9.17) is 0 Å². The van der Waals surface area contributed by atoms with Crippen LogP contribution in [0.2, 0.25) is 0 Å². The molecular weight excluding hydrogens is 334 g/mol. The molecule has 7 heteroatoms. The second-order valence-corrected chi connectivity index (χ2v) is 6.27. The fourth-order valence-electron chi connectivity index (χ4n) is 2.89. The smallest absolute Gasteiger partial charge is 0.269 e. The molecule has 0 spiro atoms. The van der Waals surface area contributed by atoms with E-state index in [1.54, 1.807) is 17.0 Å². The van der Waals surface area contributed by atoms with Crippen LogP contribution in [0.15, 0.2) is 48.5 Å². The van der Waals surface area contributed by atoms with Gasteiger partial charge in [-0.2, -0.15) is 0 Å². The van der Waals surface area contributed by atoms with Gasteiger partial charge >= 0.3 is 0 Å². The van der Waals surface area contributed by atoms with E-state index in [1.807, 2.05) is 19.1 Å². The number of non-ortho nitro benzene ring substituents is 1. The minimum Gasteiger partial charge on any atom is -0.324 e. The topological polar surface area (TPSA) is 83.8 Å². The van der Waals surface area contributed by atoms with Crippen molar-refractivity contribution in [2.75, 3.05) is 18.1 Å². The summed E-state index contributed by atoms with van der Waals surface area (Å²) < 4.78 is 0. The quantitative estimate of drug-likeness (QED) is 0.611. The van der Waals surface area contributed by atoms with Crippen molar-refractivity contribution in [2.45, 2.75) is 19.8 Å². The molecule has 0 saturated carbocycles. The summed E-state index contributed by atoms with van der Waals surface area (Å²) in [5, 5.41) is 10.9. The number of benzene rings is 2. The molecule has 1 saturated heterocycles. The van der Waals surface area contributed by atoms with Gasteiger partial charge in [0.1, 0.15) is 6.67 Å². The van der Waals surface area contributed by atoms with E-state index in [1.165, 1.54) is 29.2 Å². The molecule has 0 unspecified atom stereocenters. The molecule has 0 bridgehead atoms. The Morgan fingerprint density at radius 3 is 2.35 bits per heavy atom. The van der Waals surface area contributed by atoms with Gasteiger partial charge in [-0.1, -0.05) is 17.7 Å². The van der Waals surface area contributed by atoms with E-state index in [9.17, 15) is 19.7 Å². The van der Waals surface area contributed by atoms with E-state index in [2.05, 4.69) is 0 Å². The summed E-state index contributed by atoms with van der Waals surface area (Å²) in [6.07, 6.45) is 1.25. The first-order chi connectivity index (χ1) is 12.5. The Morgan fingerprint density at radius 2 is 1.81 bits per heavy atom. The number of aryl methyl sites for hydroxylation is 1. The third-order valence-corrected chi connectivity index (χ3v) is 4.40. The van der Waals surface area contributed by atoms with Crippen molar-refractivity contribution >= 4 is 23.2 Å². The average molecular weight is 353 g/mol. The first-order valence-corrected chi connectivity index (χ1v) is 8.36. The van der Waals surface area contributed by atoms with Crippen LogP contribution in [0.5, 0.6) is 0 Å². The summed E-state index contributed by atoms with van der Waals surface area (Å²) in [7, 11) is 0. The molecule has 2 aromatic rings. The molecule has 1 aliphatic rings. The minimum atomic E-state index is -0.486.